The number of hydrogen-bond acceptors (Lipinski definition) is 7. The number of methoxy groups -OCH3 is 1. The van der Waals surface area contributed by atoms with E-state index in [2.05, 4.69) is 10.3 Å². The average Bonchev–Trinajstić information content (AvgIpc) is 3.44. The molecule has 2 atom stereocenters. The van der Waals surface area contributed by atoms with Gasteiger partial charge in [-0.15, -0.1) is 0 Å². The second-order valence-corrected chi connectivity index (χ2v) is 9.04. The molecule has 3 aliphatic rings. The number of anilines is 2. The molecule has 1 aromatic heterocycles. The number of aromatic nitrogens is 1. The molecular weight excluding hydrogens is 441 g/mol. The molecule has 1 amide bonds. The molecule has 0 aliphatic carbocycles. The van der Waals surface area contributed by atoms with Crippen LogP contribution in [0.1, 0.15) is 31.4 Å². The lowest BCUT2D eigenvalue weighted by molar-refractivity contribution is -0.142. The Bertz CT molecular complexity index is 1250. The summed E-state index contributed by atoms with van der Waals surface area (Å²) in [5.41, 5.74) is 2.22. The summed E-state index contributed by atoms with van der Waals surface area (Å²) >= 11 is 0. The Labute approximate surface area is 195 Å². The van der Waals surface area contributed by atoms with Crippen LogP contribution in [-0.4, -0.2) is 53.4 Å². The minimum absolute atomic E-state index is 0.284. The molecule has 1 saturated heterocycles. The molecule has 1 fully saturated rings. The van der Waals surface area contributed by atoms with Crippen molar-refractivity contribution in [3.63, 3.8) is 0 Å². The van der Waals surface area contributed by atoms with Crippen LogP contribution in [0.15, 0.2) is 48.4 Å². The Kier molecular flexibility index (Phi) is 5.16. The summed E-state index contributed by atoms with van der Waals surface area (Å²) < 4.78 is 24.6. The first-order valence-electron chi connectivity index (χ1n) is 10.9. The molecule has 2 aromatic rings. The van der Waals surface area contributed by atoms with E-state index in [1.807, 2.05) is 19.9 Å². The van der Waals surface area contributed by atoms with E-state index in [0.717, 1.165) is 11.1 Å². The van der Waals surface area contributed by atoms with Crippen LogP contribution >= 0.6 is 0 Å². The van der Waals surface area contributed by atoms with Crippen molar-refractivity contribution in [2.75, 3.05) is 23.9 Å². The highest BCUT2D eigenvalue weighted by Crippen LogP contribution is 2.44. The van der Waals surface area contributed by atoms with Gasteiger partial charge in [-0.2, -0.15) is 0 Å². The van der Waals surface area contributed by atoms with Gasteiger partial charge in [-0.3, -0.25) is 4.79 Å². The Morgan fingerprint density at radius 1 is 1.32 bits per heavy atom. The number of allylic oxidation sites excluding steroid dienone is 1. The lowest BCUT2D eigenvalue weighted by Crippen LogP contribution is -2.37. The number of carbonyl (C=O) groups is 2. The van der Waals surface area contributed by atoms with Crippen molar-refractivity contribution < 1.29 is 28.6 Å². The van der Waals surface area contributed by atoms with Crippen LogP contribution in [0.2, 0.25) is 0 Å². The molecule has 5 rings (SSSR count). The second-order valence-electron chi connectivity index (χ2n) is 9.04. The number of nitrogens with zero attached hydrogens (tertiary/aromatic N) is 2. The fraction of sp³-hybridized carbons (Fsp3) is 0.320. The summed E-state index contributed by atoms with van der Waals surface area (Å²) in [6.45, 7) is 4.07. The largest absolute Gasteiger partial charge is 0.482 e. The Hall–Kier alpha value is -3.72. The number of pyridine rings is 1. The third kappa shape index (κ3) is 3.62. The summed E-state index contributed by atoms with van der Waals surface area (Å²) in [4.78, 5) is 31.0. The lowest BCUT2D eigenvalue weighted by Gasteiger charge is -2.25. The van der Waals surface area contributed by atoms with E-state index in [4.69, 9.17) is 9.47 Å². The van der Waals surface area contributed by atoms with E-state index < -0.39 is 29.5 Å². The van der Waals surface area contributed by atoms with Gasteiger partial charge < -0.3 is 24.8 Å². The van der Waals surface area contributed by atoms with Gasteiger partial charge in [-0.25, -0.2) is 14.2 Å². The molecular formula is C25H24FN3O5. The number of nitrogens with one attached hydrogen (secondary N) is 1. The zero-order valence-electron chi connectivity index (χ0n) is 19.0. The van der Waals surface area contributed by atoms with Crippen LogP contribution in [0.3, 0.4) is 0 Å². The molecule has 8 nitrogen and oxygen atoms in total. The number of halogens is 1. The number of β-amino-alcohol motifs (C(OH)–C–C–N with tert-alkyl or cyclic N) is 1. The maximum atomic E-state index is 13.6. The number of hydrogen-bond donors (Lipinski definition) is 2. The van der Waals surface area contributed by atoms with Crippen molar-refractivity contribution in [2.24, 2.45) is 0 Å². The molecule has 1 aromatic carbocycles. The first-order valence-corrected chi connectivity index (χ1v) is 10.9. The number of benzene rings is 1. The molecule has 0 bridgehead atoms. The predicted octanol–water partition coefficient (Wildman–Crippen LogP) is 2.89. The van der Waals surface area contributed by atoms with E-state index >= 15 is 0 Å². The maximum Gasteiger partial charge on any atom is 0.328 e. The summed E-state index contributed by atoms with van der Waals surface area (Å²) in [7, 11) is 1.32. The average molecular weight is 465 g/mol. The Morgan fingerprint density at radius 3 is 2.82 bits per heavy atom. The highest BCUT2D eigenvalue weighted by atomic mass is 19.1. The van der Waals surface area contributed by atoms with Crippen LogP contribution < -0.4 is 10.2 Å². The van der Waals surface area contributed by atoms with Crippen molar-refractivity contribution in [1.29, 1.82) is 0 Å². The van der Waals surface area contributed by atoms with Crippen LogP contribution in [-0.2, 0) is 19.1 Å². The molecule has 9 heteroatoms. The van der Waals surface area contributed by atoms with E-state index in [-0.39, 0.29) is 18.9 Å². The van der Waals surface area contributed by atoms with Gasteiger partial charge >= 0.3 is 5.97 Å². The van der Waals surface area contributed by atoms with Crippen molar-refractivity contribution in [3.8, 4) is 0 Å². The third-order valence-corrected chi connectivity index (χ3v) is 6.37. The standard InChI is InChI=1S/C25H24FN3O5/c1-25(2)17(10-20(34-25)22-16-6-5-14(26)8-18(16)28-23(22)31)13-4-7-21(27-11-13)29-12-15(30)9-19(29)24(32)33-3/h4-8,10-11,15,19,30H,9,12H2,1-3H3,(H,28,31)/b22-20+. The van der Waals surface area contributed by atoms with E-state index in [1.54, 1.807) is 29.3 Å². The van der Waals surface area contributed by atoms with E-state index in [9.17, 15) is 19.1 Å². The highest BCUT2D eigenvalue weighted by Gasteiger charge is 2.39. The van der Waals surface area contributed by atoms with Gasteiger partial charge in [0.25, 0.3) is 5.91 Å². The molecule has 34 heavy (non-hydrogen) atoms. The van der Waals surface area contributed by atoms with Crippen LogP contribution in [0.25, 0.3) is 11.1 Å². The predicted molar refractivity (Wildman–Crippen MR) is 123 cm³/mol. The zero-order valence-corrected chi connectivity index (χ0v) is 19.0. The number of rotatable bonds is 3. The molecule has 176 valence electrons. The van der Waals surface area contributed by atoms with Crippen molar-refractivity contribution in [2.45, 2.75) is 38.0 Å². The lowest BCUT2D eigenvalue weighted by atomic mass is 9.93. The smallest absolute Gasteiger partial charge is 0.328 e. The molecule has 4 heterocycles. The summed E-state index contributed by atoms with van der Waals surface area (Å²) in [5.74, 6) is -0.237. The van der Waals surface area contributed by atoms with Crippen LogP contribution in [0.5, 0.6) is 0 Å². The van der Waals surface area contributed by atoms with Crippen molar-refractivity contribution >= 4 is 34.5 Å². The van der Waals surface area contributed by atoms with Gasteiger partial charge in [-0.1, -0.05) is 0 Å². The van der Waals surface area contributed by atoms with Gasteiger partial charge in [0.2, 0.25) is 0 Å². The number of esters is 1. The van der Waals surface area contributed by atoms with Crippen molar-refractivity contribution in [1.82, 2.24) is 4.98 Å². The van der Waals surface area contributed by atoms with E-state index in [1.165, 1.54) is 19.2 Å². The molecule has 0 radical (unpaired) electrons. The van der Waals surface area contributed by atoms with Gasteiger partial charge in [0, 0.05) is 35.9 Å². The number of fused-ring (bicyclic) bond motifs is 1. The van der Waals surface area contributed by atoms with Crippen LogP contribution in [0.4, 0.5) is 15.9 Å². The molecule has 2 N–H and O–H groups in total. The summed E-state index contributed by atoms with van der Waals surface area (Å²) in [5, 5.41) is 12.7. The maximum absolute atomic E-state index is 13.6. The van der Waals surface area contributed by atoms with Gasteiger partial charge in [0.15, 0.2) is 0 Å². The highest BCUT2D eigenvalue weighted by molar-refractivity contribution is 6.32. The summed E-state index contributed by atoms with van der Waals surface area (Å²) in [6.07, 6.45) is 3.13. The molecule has 0 spiro atoms. The monoisotopic (exact) mass is 465 g/mol. The number of aliphatic hydroxyl groups excluding tert-OH is 1. The number of amides is 1. The van der Waals surface area contributed by atoms with Gasteiger partial charge in [-0.05, 0) is 50.3 Å². The first kappa shape index (κ1) is 22.1. The van der Waals surface area contributed by atoms with Crippen LogP contribution in [0, 0.1) is 5.82 Å². The SMILES string of the molecule is COC(=O)C1CC(O)CN1c1ccc(C2=C/C(=C3\C(=O)Nc4cc(F)ccc43)OC2(C)C)cn1. The quantitative estimate of drug-likeness (QED) is 0.531. The summed E-state index contributed by atoms with van der Waals surface area (Å²) in [6, 6.07) is 7.21. The fourth-order valence-electron chi connectivity index (χ4n) is 4.75. The van der Waals surface area contributed by atoms with E-state index in [0.29, 0.717) is 28.4 Å². The number of aliphatic hydroxyl groups is 1. The molecule has 3 aliphatic heterocycles. The Balaban J connectivity index is 1.49. The third-order valence-electron chi connectivity index (χ3n) is 6.37. The number of carbonyl (C=O) groups excluding carboxylic acids is 2. The van der Waals surface area contributed by atoms with Crippen molar-refractivity contribution in [3.05, 3.63) is 65.3 Å². The molecule has 2 unspecified atom stereocenters. The molecule has 0 saturated carbocycles. The van der Waals surface area contributed by atoms with Gasteiger partial charge in [0.1, 0.15) is 29.0 Å². The first-order chi connectivity index (χ1) is 16.2. The second kappa shape index (κ2) is 7.95. The van der Waals surface area contributed by atoms with Gasteiger partial charge in [0.05, 0.1) is 24.5 Å². The number of ether oxygens (including phenoxy) is 2. The minimum atomic E-state index is -0.743. The zero-order chi connectivity index (χ0) is 24.2. The fourth-order valence-corrected chi connectivity index (χ4v) is 4.75. The minimum Gasteiger partial charge on any atom is -0.482 e. The Morgan fingerprint density at radius 2 is 2.12 bits per heavy atom. The normalized spacial score (nSPS) is 25.0. The topological polar surface area (TPSA) is 101 Å².